The molecule has 0 aromatic heterocycles. The Kier molecular flexibility index (Phi) is 6.74. The van der Waals surface area contributed by atoms with E-state index in [0.717, 1.165) is 12.8 Å². The number of para-hydroxylation sites is 1. The number of rotatable bonds is 4. The molecular formula is C51H41N. The van der Waals surface area contributed by atoms with Gasteiger partial charge in [-0.3, -0.25) is 0 Å². The zero-order valence-corrected chi connectivity index (χ0v) is 29.5. The molecule has 250 valence electrons. The number of hydrogen-bond acceptors (Lipinski definition) is 1. The highest BCUT2D eigenvalue weighted by Crippen LogP contribution is 2.64. The first kappa shape index (κ1) is 30.0. The maximum Gasteiger partial charge on any atom is 0.0726 e. The maximum absolute atomic E-state index is 2.59. The Morgan fingerprint density at radius 3 is 1.50 bits per heavy atom. The molecule has 1 nitrogen and oxygen atoms in total. The van der Waals surface area contributed by atoms with Crippen LogP contribution in [0, 0.1) is 0 Å². The van der Waals surface area contributed by atoms with Crippen molar-refractivity contribution in [2.24, 2.45) is 0 Å². The molecule has 0 fully saturated rings. The minimum absolute atomic E-state index is 0.402. The van der Waals surface area contributed by atoms with Gasteiger partial charge in [0.25, 0.3) is 0 Å². The summed E-state index contributed by atoms with van der Waals surface area (Å²) in [5.41, 5.74) is 22.8. The second-order valence-corrected chi connectivity index (χ2v) is 15.3. The molecule has 1 spiro atoms. The monoisotopic (exact) mass is 667 g/mol. The molecule has 0 bridgehead atoms. The average Bonchev–Trinajstić information content (AvgIpc) is 3.68. The molecule has 0 atom stereocenters. The molecule has 7 aromatic rings. The van der Waals surface area contributed by atoms with Gasteiger partial charge < -0.3 is 4.90 Å². The first-order valence-corrected chi connectivity index (χ1v) is 19.4. The molecule has 0 saturated carbocycles. The number of aryl methyl sites for hydroxylation is 4. The molecule has 0 heterocycles. The van der Waals surface area contributed by atoms with Crippen molar-refractivity contribution in [3.63, 3.8) is 0 Å². The molecule has 4 aliphatic carbocycles. The van der Waals surface area contributed by atoms with E-state index in [0.29, 0.717) is 0 Å². The van der Waals surface area contributed by atoms with Gasteiger partial charge in [-0.15, -0.1) is 0 Å². The molecule has 0 N–H and O–H groups in total. The molecule has 11 rings (SSSR count). The normalized spacial score (nSPS) is 15.6. The molecule has 7 aromatic carbocycles. The van der Waals surface area contributed by atoms with Crippen molar-refractivity contribution in [2.75, 3.05) is 4.90 Å². The quantitative estimate of drug-likeness (QED) is 0.181. The van der Waals surface area contributed by atoms with E-state index in [1.807, 2.05) is 0 Å². The highest BCUT2D eigenvalue weighted by molar-refractivity contribution is 6.00. The molecule has 4 aliphatic rings. The Labute approximate surface area is 307 Å². The van der Waals surface area contributed by atoms with Gasteiger partial charge in [0.05, 0.1) is 11.1 Å². The van der Waals surface area contributed by atoms with Crippen molar-refractivity contribution in [2.45, 2.75) is 56.8 Å². The van der Waals surface area contributed by atoms with Crippen molar-refractivity contribution in [1.29, 1.82) is 0 Å². The second kappa shape index (κ2) is 11.7. The molecule has 1 heteroatoms. The lowest BCUT2D eigenvalue weighted by atomic mass is 9.70. The molecule has 0 unspecified atom stereocenters. The van der Waals surface area contributed by atoms with Gasteiger partial charge >= 0.3 is 0 Å². The van der Waals surface area contributed by atoms with Crippen LogP contribution in [0.25, 0.3) is 33.4 Å². The highest BCUT2D eigenvalue weighted by Gasteiger charge is 2.52. The van der Waals surface area contributed by atoms with Crippen molar-refractivity contribution < 1.29 is 0 Å². The predicted octanol–water partition coefficient (Wildman–Crippen LogP) is 12.9. The Balaban J connectivity index is 1.25. The largest absolute Gasteiger partial charge is 0.310 e. The fourth-order valence-corrected chi connectivity index (χ4v) is 10.3. The van der Waals surface area contributed by atoms with E-state index in [1.54, 1.807) is 0 Å². The number of anilines is 3. The van der Waals surface area contributed by atoms with Gasteiger partial charge in [0.1, 0.15) is 0 Å². The van der Waals surface area contributed by atoms with Crippen LogP contribution in [0.5, 0.6) is 0 Å². The summed E-state index contributed by atoms with van der Waals surface area (Å²) in [5.74, 6) is 0. The van der Waals surface area contributed by atoms with Crippen molar-refractivity contribution in [3.8, 4) is 33.4 Å². The summed E-state index contributed by atoms with van der Waals surface area (Å²) in [6.45, 7) is 0. The third-order valence-corrected chi connectivity index (χ3v) is 12.6. The minimum atomic E-state index is -0.402. The highest BCUT2D eigenvalue weighted by atomic mass is 15.1. The Morgan fingerprint density at radius 2 is 0.865 bits per heavy atom. The van der Waals surface area contributed by atoms with Crippen LogP contribution in [0.2, 0.25) is 0 Å². The molecular weight excluding hydrogens is 627 g/mol. The van der Waals surface area contributed by atoms with E-state index in [2.05, 4.69) is 157 Å². The lowest BCUT2D eigenvalue weighted by Gasteiger charge is -2.34. The summed E-state index contributed by atoms with van der Waals surface area (Å²) in [4.78, 5) is 2.56. The number of fused-ring (bicyclic) bond motifs is 12. The Bertz CT molecular complexity index is 2490. The van der Waals surface area contributed by atoms with Crippen LogP contribution in [-0.4, -0.2) is 0 Å². The number of nitrogens with zero attached hydrogens (tertiary/aromatic N) is 1. The van der Waals surface area contributed by atoms with E-state index in [-0.39, 0.29) is 0 Å². The zero-order chi connectivity index (χ0) is 34.2. The van der Waals surface area contributed by atoms with E-state index in [9.17, 15) is 0 Å². The average molecular weight is 668 g/mol. The molecule has 0 amide bonds. The third-order valence-electron chi connectivity index (χ3n) is 12.6. The van der Waals surface area contributed by atoms with Gasteiger partial charge in [0, 0.05) is 16.9 Å². The Hall–Kier alpha value is -5.66. The summed E-state index contributed by atoms with van der Waals surface area (Å²) in [5, 5.41) is 0. The van der Waals surface area contributed by atoms with Crippen molar-refractivity contribution >= 4 is 17.1 Å². The van der Waals surface area contributed by atoms with E-state index >= 15 is 0 Å². The SMILES string of the molecule is c1ccc(N(c2ccc3c(c2)CCCC3)c2cc3c(cc2-c2ccc4c(c2)CCCC4)-c2ccccc2C32c3ccccc3-c3ccccc32)cc1. The smallest absolute Gasteiger partial charge is 0.0726 e. The van der Waals surface area contributed by atoms with Crippen molar-refractivity contribution in [3.05, 3.63) is 196 Å². The zero-order valence-electron chi connectivity index (χ0n) is 29.5. The van der Waals surface area contributed by atoms with Crippen LogP contribution in [0.3, 0.4) is 0 Å². The topological polar surface area (TPSA) is 3.24 Å². The van der Waals surface area contributed by atoms with Crippen molar-refractivity contribution in [1.82, 2.24) is 0 Å². The molecule has 0 aliphatic heterocycles. The van der Waals surface area contributed by atoms with Gasteiger partial charge in [-0.2, -0.15) is 0 Å². The van der Waals surface area contributed by atoms with Crippen LogP contribution in [0.4, 0.5) is 17.1 Å². The first-order valence-electron chi connectivity index (χ1n) is 19.4. The first-order chi connectivity index (χ1) is 25.8. The third kappa shape index (κ3) is 4.29. The molecule has 0 radical (unpaired) electrons. The summed E-state index contributed by atoms with van der Waals surface area (Å²) in [7, 11) is 0. The minimum Gasteiger partial charge on any atom is -0.310 e. The molecule has 52 heavy (non-hydrogen) atoms. The van der Waals surface area contributed by atoms with Gasteiger partial charge in [0.15, 0.2) is 0 Å². The fourth-order valence-electron chi connectivity index (χ4n) is 10.3. The standard InChI is InChI=1S/C51H41N/c1-2-18-39(19-3-1)52(40-29-28-35-15-5-7-17-37(35)31-40)50-33-49-45(32-44(50)38-27-26-34-14-4-6-16-36(34)30-38)43-22-10-13-25-48(43)51(49)46-23-11-8-20-41(46)42-21-9-12-24-47(42)51/h1-3,8-13,18-33H,4-7,14-17H2. The lowest BCUT2D eigenvalue weighted by Crippen LogP contribution is -2.26. The Morgan fingerprint density at radius 1 is 0.346 bits per heavy atom. The summed E-state index contributed by atoms with van der Waals surface area (Å²) in [6, 6.07) is 58.4. The van der Waals surface area contributed by atoms with Gasteiger partial charge in [0.2, 0.25) is 0 Å². The number of hydrogen-bond donors (Lipinski definition) is 0. The number of benzene rings is 7. The van der Waals surface area contributed by atoms with Crippen LogP contribution in [0.15, 0.2) is 152 Å². The van der Waals surface area contributed by atoms with Gasteiger partial charge in [-0.1, -0.05) is 115 Å². The van der Waals surface area contributed by atoms with E-state index < -0.39 is 5.41 Å². The van der Waals surface area contributed by atoms with E-state index in [4.69, 9.17) is 0 Å². The summed E-state index contributed by atoms with van der Waals surface area (Å²) in [6.07, 6.45) is 9.79. The van der Waals surface area contributed by atoms with Crippen LogP contribution in [0.1, 0.15) is 70.2 Å². The van der Waals surface area contributed by atoms with Crippen LogP contribution < -0.4 is 4.90 Å². The van der Waals surface area contributed by atoms with Gasteiger partial charge in [-0.25, -0.2) is 0 Å². The maximum atomic E-state index is 2.59. The van der Waals surface area contributed by atoms with Crippen LogP contribution in [-0.2, 0) is 31.1 Å². The lowest BCUT2D eigenvalue weighted by molar-refractivity contribution is 0.685. The second-order valence-electron chi connectivity index (χ2n) is 15.3. The van der Waals surface area contributed by atoms with E-state index in [1.165, 1.54) is 133 Å². The van der Waals surface area contributed by atoms with Gasteiger partial charge in [-0.05, 0) is 160 Å². The molecule has 0 saturated heterocycles. The summed E-state index contributed by atoms with van der Waals surface area (Å²) >= 11 is 0. The summed E-state index contributed by atoms with van der Waals surface area (Å²) < 4.78 is 0. The predicted molar refractivity (Wildman–Crippen MR) is 216 cm³/mol. The van der Waals surface area contributed by atoms with Crippen LogP contribution >= 0.6 is 0 Å². The fraction of sp³-hybridized carbons (Fsp3) is 0.176.